The highest BCUT2D eigenvalue weighted by Crippen LogP contribution is 2.26. The van der Waals surface area contributed by atoms with E-state index in [4.69, 9.17) is 0 Å². The van der Waals surface area contributed by atoms with Gasteiger partial charge in [-0.05, 0) is 38.3 Å². The molecule has 0 radical (unpaired) electrons. The third-order valence-corrected chi connectivity index (χ3v) is 6.26. The molecule has 0 unspecified atom stereocenters. The van der Waals surface area contributed by atoms with Gasteiger partial charge < -0.3 is 0 Å². The predicted molar refractivity (Wildman–Crippen MR) is 82.7 cm³/mol. The Bertz CT molecular complexity index is 629. The summed E-state index contributed by atoms with van der Waals surface area (Å²) < 4.78 is 26.9. The van der Waals surface area contributed by atoms with Gasteiger partial charge in [-0.25, -0.2) is 8.42 Å². The molecule has 0 aromatic heterocycles. The molecule has 1 aliphatic heterocycles. The van der Waals surface area contributed by atoms with Crippen LogP contribution in [0.15, 0.2) is 23.1 Å². The van der Waals surface area contributed by atoms with Crippen molar-refractivity contribution in [1.82, 2.24) is 4.31 Å². The van der Waals surface area contributed by atoms with Gasteiger partial charge in [0.05, 0.1) is 4.90 Å². The number of sulfonamides is 1. The maximum atomic E-state index is 12.7. The van der Waals surface area contributed by atoms with Crippen LogP contribution in [0.5, 0.6) is 0 Å². The Kier molecular flexibility index (Phi) is 4.84. The summed E-state index contributed by atoms with van der Waals surface area (Å²) in [6.45, 7) is 6.51. The summed E-state index contributed by atoms with van der Waals surface area (Å²) in [5, 5.41) is 0. The minimum absolute atomic E-state index is 0.0283. The lowest BCUT2D eigenvalue weighted by Crippen LogP contribution is -2.40. The first-order chi connectivity index (χ1) is 9.86. The second kappa shape index (κ2) is 6.28. The van der Waals surface area contributed by atoms with Crippen LogP contribution in [0.2, 0.25) is 0 Å². The molecule has 1 saturated heterocycles. The van der Waals surface area contributed by atoms with E-state index < -0.39 is 10.0 Å². The first-order valence-electron chi connectivity index (χ1n) is 7.46. The molecule has 1 heterocycles. The topological polar surface area (TPSA) is 54.5 Å². The van der Waals surface area contributed by atoms with E-state index >= 15 is 0 Å². The van der Waals surface area contributed by atoms with Gasteiger partial charge in [-0.15, -0.1) is 0 Å². The van der Waals surface area contributed by atoms with Crippen LogP contribution >= 0.6 is 0 Å². The van der Waals surface area contributed by atoms with E-state index in [0.29, 0.717) is 37.2 Å². The third-order valence-electron chi connectivity index (χ3n) is 4.21. The van der Waals surface area contributed by atoms with Gasteiger partial charge in [0.1, 0.15) is 5.78 Å². The van der Waals surface area contributed by atoms with E-state index in [0.717, 1.165) is 11.1 Å². The number of carbonyl (C=O) groups is 1. The number of hydrogen-bond acceptors (Lipinski definition) is 3. The SMILES string of the molecule is CCC(=O)C1CCN(S(=O)(=O)c2ccc(C)cc2C)CC1. The van der Waals surface area contributed by atoms with Crippen molar-refractivity contribution in [3.8, 4) is 0 Å². The highest BCUT2D eigenvalue weighted by molar-refractivity contribution is 7.89. The molecular formula is C16H23NO3S. The lowest BCUT2D eigenvalue weighted by atomic mass is 9.92. The van der Waals surface area contributed by atoms with Gasteiger partial charge in [-0.2, -0.15) is 4.31 Å². The molecule has 0 bridgehead atoms. The van der Waals surface area contributed by atoms with E-state index in [1.807, 2.05) is 32.9 Å². The van der Waals surface area contributed by atoms with Crippen molar-refractivity contribution in [3.63, 3.8) is 0 Å². The molecule has 1 aromatic carbocycles. The van der Waals surface area contributed by atoms with Crippen LogP contribution in [0.4, 0.5) is 0 Å². The molecule has 5 heteroatoms. The van der Waals surface area contributed by atoms with Gasteiger partial charge in [0.15, 0.2) is 0 Å². The number of hydrogen-bond donors (Lipinski definition) is 0. The summed E-state index contributed by atoms with van der Waals surface area (Å²) in [6, 6.07) is 5.40. The molecule has 0 saturated carbocycles. The standard InChI is InChI=1S/C16H23NO3S/c1-4-15(18)14-7-9-17(10-8-14)21(19,20)16-6-5-12(2)11-13(16)3/h5-6,11,14H,4,7-10H2,1-3H3. The maximum Gasteiger partial charge on any atom is 0.243 e. The second-order valence-electron chi connectivity index (χ2n) is 5.77. The molecule has 0 amide bonds. The molecule has 0 spiro atoms. The molecule has 1 fully saturated rings. The zero-order valence-corrected chi connectivity index (χ0v) is 13.7. The summed E-state index contributed by atoms with van der Waals surface area (Å²) in [5.74, 6) is 0.277. The Morgan fingerprint density at radius 1 is 1.24 bits per heavy atom. The molecule has 1 aliphatic rings. The summed E-state index contributed by atoms with van der Waals surface area (Å²) in [7, 11) is -3.44. The van der Waals surface area contributed by atoms with Gasteiger partial charge in [0, 0.05) is 25.4 Å². The Hall–Kier alpha value is -1.20. The fraction of sp³-hybridized carbons (Fsp3) is 0.562. The highest BCUT2D eigenvalue weighted by atomic mass is 32.2. The number of rotatable bonds is 4. The van der Waals surface area contributed by atoms with Gasteiger partial charge in [-0.1, -0.05) is 24.6 Å². The predicted octanol–water partition coefficient (Wildman–Crippen LogP) is 2.68. The summed E-state index contributed by atoms with van der Waals surface area (Å²) in [4.78, 5) is 12.1. The summed E-state index contributed by atoms with van der Waals surface area (Å²) >= 11 is 0. The smallest absolute Gasteiger partial charge is 0.243 e. The minimum atomic E-state index is -3.44. The van der Waals surface area contributed by atoms with E-state index in [1.165, 1.54) is 4.31 Å². The van der Waals surface area contributed by atoms with Crippen LogP contribution in [-0.4, -0.2) is 31.6 Å². The zero-order valence-electron chi connectivity index (χ0n) is 12.9. The number of nitrogens with zero attached hydrogens (tertiary/aromatic N) is 1. The molecule has 21 heavy (non-hydrogen) atoms. The van der Waals surface area contributed by atoms with Crippen LogP contribution < -0.4 is 0 Å². The van der Waals surface area contributed by atoms with Crippen molar-refractivity contribution in [2.24, 2.45) is 5.92 Å². The van der Waals surface area contributed by atoms with Crippen molar-refractivity contribution >= 4 is 15.8 Å². The fourth-order valence-corrected chi connectivity index (χ4v) is 4.61. The zero-order chi connectivity index (χ0) is 15.6. The van der Waals surface area contributed by atoms with Crippen LogP contribution in [0.1, 0.15) is 37.3 Å². The van der Waals surface area contributed by atoms with Crippen molar-refractivity contribution < 1.29 is 13.2 Å². The largest absolute Gasteiger partial charge is 0.299 e. The number of ketones is 1. The normalized spacial score (nSPS) is 17.9. The Labute approximate surface area is 127 Å². The molecule has 0 N–H and O–H groups in total. The van der Waals surface area contributed by atoms with Crippen molar-refractivity contribution in [2.45, 2.75) is 44.9 Å². The number of carbonyl (C=O) groups excluding carboxylic acids is 1. The number of Topliss-reactive ketones (excluding diaryl/α,β-unsaturated/α-hetero) is 1. The molecule has 0 atom stereocenters. The molecule has 2 rings (SSSR count). The van der Waals surface area contributed by atoms with E-state index in [-0.39, 0.29) is 11.7 Å². The van der Waals surface area contributed by atoms with Crippen molar-refractivity contribution in [3.05, 3.63) is 29.3 Å². The first kappa shape index (κ1) is 16.2. The van der Waals surface area contributed by atoms with E-state index in [1.54, 1.807) is 6.07 Å². The lowest BCUT2D eigenvalue weighted by Gasteiger charge is -2.30. The molecule has 116 valence electrons. The van der Waals surface area contributed by atoms with Crippen molar-refractivity contribution in [1.29, 1.82) is 0 Å². The maximum absolute atomic E-state index is 12.7. The second-order valence-corrected chi connectivity index (χ2v) is 7.67. The van der Waals surface area contributed by atoms with E-state index in [9.17, 15) is 13.2 Å². The highest BCUT2D eigenvalue weighted by Gasteiger charge is 2.32. The summed E-state index contributed by atoms with van der Waals surface area (Å²) in [6.07, 6.45) is 1.81. The van der Waals surface area contributed by atoms with Gasteiger partial charge in [0.25, 0.3) is 0 Å². The fourth-order valence-electron chi connectivity index (χ4n) is 2.93. The third kappa shape index (κ3) is 3.35. The van der Waals surface area contributed by atoms with Gasteiger partial charge in [-0.3, -0.25) is 4.79 Å². The van der Waals surface area contributed by atoms with Gasteiger partial charge in [0.2, 0.25) is 10.0 Å². The average molecular weight is 309 g/mol. The monoisotopic (exact) mass is 309 g/mol. The van der Waals surface area contributed by atoms with Crippen LogP contribution in [-0.2, 0) is 14.8 Å². The average Bonchev–Trinajstić information content (AvgIpc) is 2.46. The quantitative estimate of drug-likeness (QED) is 0.859. The number of aryl methyl sites for hydroxylation is 2. The van der Waals surface area contributed by atoms with Crippen LogP contribution in [0.25, 0.3) is 0 Å². The molecule has 0 aliphatic carbocycles. The van der Waals surface area contributed by atoms with E-state index in [2.05, 4.69) is 0 Å². The van der Waals surface area contributed by atoms with Crippen LogP contribution in [0.3, 0.4) is 0 Å². The first-order valence-corrected chi connectivity index (χ1v) is 8.90. The Morgan fingerprint density at radius 2 is 1.86 bits per heavy atom. The van der Waals surface area contributed by atoms with Crippen LogP contribution in [0, 0.1) is 19.8 Å². The summed E-state index contributed by atoms with van der Waals surface area (Å²) in [5.41, 5.74) is 1.83. The molecular weight excluding hydrogens is 286 g/mol. The lowest BCUT2D eigenvalue weighted by molar-refractivity contribution is -0.123. The Morgan fingerprint density at radius 3 is 2.38 bits per heavy atom. The van der Waals surface area contributed by atoms with Gasteiger partial charge >= 0.3 is 0 Å². The number of piperidine rings is 1. The Balaban J connectivity index is 2.17. The molecule has 1 aromatic rings. The molecule has 4 nitrogen and oxygen atoms in total. The minimum Gasteiger partial charge on any atom is -0.299 e. The number of benzene rings is 1. The van der Waals surface area contributed by atoms with Crippen molar-refractivity contribution in [2.75, 3.05) is 13.1 Å².